The number of rotatable bonds is 11. The van der Waals surface area contributed by atoms with E-state index in [4.69, 9.17) is 9.57 Å². The minimum absolute atomic E-state index is 0. The summed E-state index contributed by atoms with van der Waals surface area (Å²) in [5.74, 6) is 1.00. The fourth-order valence-corrected chi connectivity index (χ4v) is 6.23. The molecule has 3 N–H and O–H groups in total. The van der Waals surface area contributed by atoms with Crippen LogP contribution in [0.3, 0.4) is 0 Å². The van der Waals surface area contributed by atoms with Crippen molar-refractivity contribution in [3.8, 4) is 11.1 Å². The summed E-state index contributed by atoms with van der Waals surface area (Å²) in [5.41, 5.74) is 6.40. The van der Waals surface area contributed by atoms with Gasteiger partial charge in [-0.2, -0.15) is 10.1 Å². The van der Waals surface area contributed by atoms with Crippen molar-refractivity contribution in [1.29, 1.82) is 0 Å². The number of benzene rings is 2. The molecule has 1 aliphatic heterocycles. The first kappa shape index (κ1) is 35.0. The van der Waals surface area contributed by atoms with Gasteiger partial charge in [0.2, 0.25) is 5.78 Å². The van der Waals surface area contributed by atoms with Crippen molar-refractivity contribution in [3.63, 3.8) is 0 Å². The minimum Gasteiger partial charge on any atom is -0.385 e. The van der Waals surface area contributed by atoms with E-state index in [2.05, 4.69) is 27.5 Å². The first-order chi connectivity index (χ1) is 21.8. The normalized spacial score (nSPS) is 21.0. The summed E-state index contributed by atoms with van der Waals surface area (Å²) in [6.45, 7) is 2.59. The number of hydrogen-bond acceptors (Lipinski definition) is 9. The number of alkyl halides is 1. The molecule has 2 unspecified atom stereocenters. The van der Waals surface area contributed by atoms with E-state index in [0.717, 1.165) is 34.4 Å². The molecular formula is C33H39FKN6O5+. The van der Waals surface area contributed by atoms with Crippen LogP contribution in [-0.2, 0) is 22.4 Å². The molecule has 238 valence electrons. The molecule has 1 saturated carbocycles. The molecule has 46 heavy (non-hydrogen) atoms. The predicted octanol–water partition coefficient (Wildman–Crippen LogP) is 0.883. The zero-order valence-corrected chi connectivity index (χ0v) is 29.6. The number of nitrogens with zero attached hydrogens (tertiary/aromatic N) is 5. The monoisotopic (exact) mass is 657 g/mol. The quantitative estimate of drug-likeness (QED) is 0.203. The number of aliphatic hydroxyl groups excluding tert-OH is 1. The molecule has 13 heteroatoms. The number of ether oxygens (including phenoxy) is 1. The van der Waals surface area contributed by atoms with Crippen molar-refractivity contribution in [2.45, 2.75) is 83.0 Å². The number of amidine groups is 1. The van der Waals surface area contributed by atoms with Gasteiger partial charge in [-0.25, -0.2) is 24.2 Å². The first-order valence-corrected chi connectivity index (χ1v) is 15.5. The maximum Gasteiger partial charge on any atom is 1.00 e. The number of halogens is 1. The molecule has 1 fully saturated rings. The number of hydrogen-bond donors (Lipinski definition) is 3. The van der Waals surface area contributed by atoms with Gasteiger partial charge in [0.1, 0.15) is 18.6 Å². The van der Waals surface area contributed by atoms with Crippen molar-refractivity contribution in [2.24, 2.45) is 4.99 Å². The number of hydroxylamine groups is 1. The van der Waals surface area contributed by atoms with Crippen molar-refractivity contribution >= 4 is 11.6 Å². The Hall–Kier alpha value is -2.33. The van der Waals surface area contributed by atoms with Gasteiger partial charge in [0.25, 0.3) is 12.0 Å². The summed E-state index contributed by atoms with van der Waals surface area (Å²) < 4.78 is 22.5. The van der Waals surface area contributed by atoms with Gasteiger partial charge in [-0.15, -0.1) is 0 Å². The molecule has 3 heterocycles. The van der Waals surface area contributed by atoms with Gasteiger partial charge in [-0.05, 0) is 55.7 Å². The summed E-state index contributed by atoms with van der Waals surface area (Å²) >= 11 is 0. The molecular weight excluding hydrogens is 618 g/mol. The Morgan fingerprint density at radius 3 is 2.48 bits per heavy atom. The van der Waals surface area contributed by atoms with Crippen molar-refractivity contribution in [3.05, 3.63) is 87.6 Å². The second kappa shape index (κ2) is 15.3. The van der Waals surface area contributed by atoms with E-state index in [9.17, 15) is 19.4 Å². The zero-order chi connectivity index (χ0) is 31.6. The molecule has 0 bridgehead atoms. The molecule has 2 atom stereocenters. The fraction of sp³-hybridized carbons (Fsp3) is 0.455. The first-order valence-electron chi connectivity index (χ1n) is 15.5. The largest absolute Gasteiger partial charge is 1.00 e. The maximum absolute atomic E-state index is 14.3. The van der Waals surface area contributed by atoms with Crippen LogP contribution in [0.4, 0.5) is 4.39 Å². The molecule has 0 saturated heterocycles. The molecule has 0 amide bonds. The van der Waals surface area contributed by atoms with Crippen LogP contribution in [0.1, 0.15) is 74.4 Å². The van der Waals surface area contributed by atoms with Gasteiger partial charge in [0, 0.05) is 23.6 Å². The van der Waals surface area contributed by atoms with Gasteiger partial charge in [-0.3, -0.25) is 9.36 Å². The van der Waals surface area contributed by atoms with Gasteiger partial charge in [-0.1, -0.05) is 61.9 Å². The Morgan fingerprint density at radius 2 is 1.83 bits per heavy atom. The summed E-state index contributed by atoms with van der Waals surface area (Å²) in [5, 5.41) is 24.2. The standard InChI is InChI=1S/C33H39FN6O5.K/c1-3-6-28-27(17-21-9-11-22(12-10-21)25-7-4-5-8-26(25)29-37-32(42)45-38-29)30(41)39(31-35-20-36-40(28)31)23-13-15-24(16-14-23)44-19-33(2,43)18-34;/h4-5,7-12,20,23-24,32,42-43H,3,6,13-19H2,1-2H3,(H,37,38);/q;+1. The Bertz CT molecular complexity index is 1730. The van der Waals surface area contributed by atoms with E-state index >= 15 is 0 Å². The number of nitrogens with one attached hydrogen (secondary N) is 1. The van der Waals surface area contributed by atoms with E-state index in [-0.39, 0.29) is 75.7 Å². The maximum atomic E-state index is 14.3. The smallest absolute Gasteiger partial charge is 0.385 e. The fourth-order valence-electron chi connectivity index (χ4n) is 6.23. The predicted molar refractivity (Wildman–Crippen MR) is 167 cm³/mol. The number of aliphatic hydroxyl groups is 2. The van der Waals surface area contributed by atoms with Crippen molar-refractivity contribution in [2.75, 3.05) is 13.3 Å². The van der Waals surface area contributed by atoms with Gasteiger partial charge in [0.15, 0.2) is 5.84 Å². The Morgan fingerprint density at radius 1 is 1.11 bits per heavy atom. The van der Waals surface area contributed by atoms with E-state index < -0.39 is 18.7 Å². The molecule has 2 aliphatic rings. The van der Waals surface area contributed by atoms with E-state index in [0.29, 0.717) is 55.7 Å². The van der Waals surface area contributed by atoms with Crippen LogP contribution < -0.4 is 62.4 Å². The van der Waals surface area contributed by atoms with Crippen LogP contribution in [0.25, 0.3) is 16.9 Å². The number of fused-ring (bicyclic) bond motifs is 1. The molecule has 2 aromatic carbocycles. The van der Waals surface area contributed by atoms with Crippen LogP contribution in [0, 0.1) is 0 Å². The second-order valence-corrected chi connectivity index (χ2v) is 12.1. The molecule has 11 nitrogen and oxygen atoms in total. The Balaban J connectivity index is 0.00000417. The van der Waals surface area contributed by atoms with Crippen LogP contribution in [0.15, 0.2) is 64.6 Å². The van der Waals surface area contributed by atoms with Crippen molar-refractivity contribution < 1.29 is 75.6 Å². The zero-order valence-electron chi connectivity index (χ0n) is 26.5. The Kier molecular flexibility index (Phi) is 11.6. The number of aliphatic imine (C=N–C) groups is 1. The van der Waals surface area contributed by atoms with Crippen molar-refractivity contribution in [1.82, 2.24) is 24.6 Å². The molecule has 1 aliphatic carbocycles. The van der Waals surface area contributed by atoms with Crippen LogP contribution in [-0.4, -0.2) is 66.6 Å². The van der Waals surface area contributed by atoms with E-state index in [1.54, 1.807) is 4.57 Å². The third-order valence-corrected chi connectivity index (χ3v) is 8.57. The van der Waals surface area contributed by atoms with Crippen LogP contribution >= 0.6 is 0 Å². The van der Waals surface area contributed by atoms with E-state index in [1.165, 1.54) is 13.3 Å². The number of aromatic nitrogens is 4. The Labute approximate surface area is 309 Å². The SMILES string of the molecule is CCCc1c(Cc2ccc(-c3ccccc3C3=NC(O)ON3)cc2)c(=O)n(C2CCC(OCC(C)(O)CF)CC2)c2ncnn12.[K+]. The van der Waals surface area contributed by atoms with Crippen LogP contribution in [0.5, 0.6) is 0 Å². The summed E-state index contributed by atoms with van der Waals surface area (Å²) in [6.07, 6.45) is 4.94. The summed E-state index contributed by atoms with van der Waals surface area (Å²) in [4.78, 5) is 27.9. The van der Waals surface area contributed by atoms with Gasteiger partial charge in [0.05, 0.1) is 18.4 Å². The van der Waals surface area contributed by atoms with Gasteiger partial charge >= 0.3 is 51.4 Å². The third kappa shape index (κ3) is 7.53. The summed E-state index contributed by atoms with van der Waals surface area (Å²) in [7, 11) is 0. The summed E-state index contributed by atoms with van der Waals surface area (Å²) in [6, 6.07) is 15.8. The topological polar surface area (TPSA) is 136 Å². The van der Waals surface area contributed by atoms with E-state index in [1.807, 2.05) is 53.0 Å². The molecule has 0 radical (unpaired) electrons. The minimum atomic E-state index is -1.49. The average molecular weight is 658 g/mol. The average Bonchev–Trinajstić information content (AvgIpc) is 3.72. The molecule has 0 spiro atoms. The molecule has 4 aromatic rings. The third-order valence-electron chi connectivity index (χ3n) is 8.57. The van der Waals surface area contributed by atoms with Crippen LogP contribution in [0.2, 0.25) is 0 Å². The molecule has 2 aromatic heterocycles. The second-order valence-electron chi connectivity index (χ2n) is 12.1. The van der Waals surface area contributed by atoms with Gasteiger partial charge < -0.3 is 14.9 Å². The molecule has 6 rings (SSSR count). The number of aryl methyl sites for hydroxylation is 1.